The van der Waals surface area contributed by atoms with Crippen LogP contribution in [0.2, 0.25) is 0 Å². The number of aromatic nitrogens is 2. The van der Waals surface area contributed by atoms with Gasteiger partial charge in [0.1, 0.15) is 23.7 Å². The first-order chi connectivity index (χ1) is 9.85. The van der Waals surface area contributed by atoms with Gasteiger partial charge < -0.3 is 15.4 Å². The van der Waals surface area contributed by atoms with E-state index in [1.165, 1.54) is 12.8 Å². The van der Waals surface area contributed by atoms with Gasteiger partial charge >= 0.3 is 0 Å². The molecule has 0 unspecified atom stereocenters. The van der Waals surface area contributed by atoms with Gasteiger partial charge in [0.15, 0.2) is 0 Å². The topological polar surface area (TPSA) is 59.1 Å². The van der Waals surface area contributed by atoms with E-state index in [1.807, 2.05) is 30.3 Å². The first kappa shape index (κ1) is 12.7. The molecule has 0 saturated heterocycles. The molecule has 3 rings (SSSR count). The van der Waals surface area contributed by atoms with Crippen molar-refractivity contribution >= 4 is 11.6 Å². The first-order valence-electron chi connectivity index (χ1n) is 6.79. The maximum absolute atomic E-state index is 5.33. The quantitative estimate of drug-likeness (QED) is 0.845. The monoisotopic (exact) mass is 270 g/mol. The summed E-state index contributed by atoms with van der Waals surface area (Å²) in [6.45, 7) is 0.671. The van der Waals surface area contributed by atoms with Gasteiger partial charge in [-0.15, -0.1) is 0 Å². The average Bonchev–Trinajstić information content (AvgIpc) is 3.30. The van der Waals surface area contributed by atoms with Crippen molar-refractivity contribution in [3.63, 3.8) is 0 Å². The van der Waals surface area contributed by atoms with Crippen LogP contribution in [0.1, 0.15) is 18.4 Å². The Morgan fingerprint density at radius 1 is 1.20 bits per heavy atom. The molecule has 5 heteroatoms. The number of nitrogens with one attached hydrogen (secondary N) is 2. The summed E-state index contributed by atoms with van der Waals surface area (Å²) in [7, 11) is 1.68. The predicted octanol–water partition coefficient (Wildman–Crippen LogP) is 2.67. The van der Waals surface area contributed by atoms with Crippen molar-refractivity contribution in [2.75, 3.05) is 17.7 Å². The standard InChI is InChI=1S/C15H18N4O/c1-20-13-5-3-2-4-11(13)9-16-14-8-15(18-10-17-14)19-12-6-7-12/h2-5,8,10,12H,6-7,9H2,1H3,(H2,16,17,18,19). The highest BCUT2D eigenvalue weighted by Gasteiger charge is 2.21. The van der Waals surface area contributed by atoms with Crippen molar-refractivity contribution in [3.05, 3.63) is 42.2 Å². The van der Waals surface area contributed by atoms with Crippen LogP contribution in [0.25, 0.3) is 0 Å². The van der Waals surface area contributed by atoms with Crippen LogP contribution in [0.5, 0.6) is 5.75 Å². The van der Waals surface area contributed by atoms with E-state index in [4.69, 9.17) is 4.74 Å². The number of anilines is 2. The summed E-state index contributed by atoms with van der Waals surface area (Å²) in [5, 5.41) is 6.66. The Kier molecular flexibility index (Phi) is 3.67. The molecule has 1 aliphatic rings. The third-order valence-corrected chi connectivity index (χ3v) is 3.25. The highest BCUT2D eigenvalue weighted by Crippen LogP contribution is 2.24. The zero-order valence-corrected chi connectivity index (χ0v) is 11.5. The van der Waals surface area contributed by atoms with E-state index in [0.29, 0.717) is 12.6 Å². The van der Waals surface area contributed by atoms with Crippen LogP contribution in [0.3, 0.4) is 0 Å². The zero-order chi connectivity index (χ0) is 13.8. The van der Waals surface area contributed by atoms with Crippen molar-refractivity contribution in [2.24, 2.45) is 0 Å². The Hall–Kier alpha value is -2.30. The van der Waals surface area contributed by atoms with E-state index in [2.05, 4.69) is 20.6 Å². The SMILES string of the molecule is COc1ccccc1CNc1cc(NC2CC2)ncn1. The minimum Gasteiger partial charge on any atom is -0.496 e. The fourth-order valence-corrected chi connectivity index (χ4v) is 2.00. The van der Waals surface area contributed by atoms with Crippen LogP contribution in [0.4, 0.5) is 11.6 Å². The van der Waals surface area contributed by atoms with Gasteiger partial charge in [-0.3, -0.25) is 0 Å². The Labute approximate surface area is 118 Å². The summed E-state index contributed by atoms with van der Waals surface area (Å²) >= 11 is 0. The number of ether oxygens (including phenoxy) is 1. The van der Waals surface area contributed by atoms with Gasteiger partial charge in [-0.1, -0.05) is 18.2 Å². The molecular formula is C15H18N4O. The summed E-state index contributed by atoms with van der Waals surface area (Å²) < 4.78 is 5.33. The second kappa shape index (κ2) is 5.77. The number of methoxy groups -OCH3 is 1. The fourth-order valence-electron chi connectivity index (χ4n) is 2.00. The van der Waals surface area contributed by atoms with Crippen molar-refractivity contribution in [1.29, 1.82) is 0 Å². The van der Waals surface area contributed by atoms with Crippen molar-refractivity contribution in [3.8, 4) is 5.75 Å². The fraction of sp³-hybridized carbons (Fsp3) is 0.333. The van der Waals surface area contributed by atoms with Crippen molar-refractivity contribution < 1.29 is 4.74 Å². The molecule has 0 atom stereocenters. The normalized spacial score (nSPS) is 13.8. The third-order valence-electron chi connectivity index (χ3n) is 3.25. The van der Waals surface area contributed by atoms with Gasteiger partial charge in [0.05, 0.1) is 7.11 Å². The van der Waals surface area contributed by atoms with Crippen LogP contribution >= 0.6 is 0 Å². The van der Waals surface area contributed by atoms with Crippen molar-refractivity contribution in [1.82, 2.24) is 9.97 Å². The summed E-state index contributed by atoms with van der Waals surface area (Å²) in [5.41, 5.74) is 1.10. The molecule has 1 aliphatic carbocycles. The lowest BCUT2D eigenvalue weighted by molar-refractivity contribution is 0.410. The zero-order valence-electron chi connectivity index (χ0n) is 11.5. The largest absolute Gasteiger partial charge is 0.496 e. The average molecular weight is 270 g/mol. The molecule has 1 saturated carbocycles. The number of benzene rings is 1. The highest BCUT2D eigenvalue weighted by molar-refractivity contribution is 5.48. The number of hydrogen-bond donors (Lipinski definition) is 2. The number of nitrogens with zero attached hydrogens (tertiary/aromatic N) is 2. The molecule has 1 aromatic carbocycles. The van der Waals surface area contributed by atoms with Crippen LogP contribution in [-0.2, 0) is 6.54 Å². The van der Waals surface area contributed by atoms with E-state index in [9.17, 15) is 0 Å². The second-order valence-electron chi connectivity index (χ2n) is 4.87. The number of para-hydroxylation sites is 1. The minimum atomic E-state index is 0.590. The molecule has 5 nitrogen and oxygen atoms in total. The molecule has 0 spiro atoms. The van der Waals surface area contributed by atoms with Gasteiger partial charge in [0, 0.05) is 24.2 Å². The second-order valence-corrected chi connectivity index (χ2v) is 4.87. The Morgan fingerprint density at radius 2 is 2.00 bits per heavy atom. The molecule has 1 fully saturated rings. The molecule has 20 heavy (non-hydrogen) atoms. The van der Waals surface area contributed by atoms with E-state index in [0.717, 1.165) is 22.9 Å². The van der Waals surface area contributed by atoms with Crippen LogP contribution in [-0.4, -0.2) is 23.1 Å². The lowest BCUT2D eigenvalue weighted by Gasteiger charge is -2.10. The minimum absolute atomic E-state index is 0.590. The summed E-state index contributed by atoms with van der Waals surface area (Å²) in [4.78, 5) is 8.46. The Morgan fingerprint density at radius 3 is 2.80 bits per heavy atom. The third kappa shape index (κ3) is 3.17. The highest BCUT2D eigenvalue weighted by atomic mass is 16.5. The maximum Gasteiger partial charge on any atom is 0.131 e. The lowest BCUT2D eigenvalue weighted by Crippen LogP contribution is -2.06. The van der Waals surface area contributed by atoms with Gasteiger partial charge in [-0.05, 0) is 18.9 Å². The maximum atomic E-state index is 5.33. The summed E-state index contributed by atoms with van der Waals surface area (Å²) in [6.07, 6.45) is 4.04. The van der Waals surface area contributed by atoms with Crippen LogP contribution in [0, 0.1) is 0 Å². The van der Waals surface area contributed by atoms with Gasteiger partial charge in [-0.25, -0.2) is 9.97 Å². The first-order valence-corrected chi connectivity index (χ1v) is 6.79. The van der Waals surface area contributed by atoms with Gasteiger partial charge in [0.2, 0.25) is 0 Å². The Balaban J connectivity index is 1.65. The molecular weight excluding hydrogens is 252 g/mol. The van der Waals surface area contributed by atoms with Crippen LogP contribution in [0.15, 0.2) is 36.7 Å². The van der Waals surface area contributed by atoms with E-state index in [1.54, 1.807) is 13.4 Å². The molecule has 0 amide bonds. The molecule has 1 aromatic heterocycles. The molecule has 0 aliphatic heterocycles. The number of hydrogen-bond acceptors (Lipinski definition) is 5. The molecule has 0 radical (unpaired) electrons. The van der Waals surface area contributed by atoms with E-state index >= 15 is 0 Å². The van der Waals surface area contributed by atoms with Crippen molar-refractivity contribution in [2.45, 2.75) is 25.4 Å². The molecule has 0 bridgehead atoms. The smallest absolute Gasteiger partial charge is 0.131 e. The van der Waals surface area contributed by atoms with Crippen LogP contribution < -0.4 is 15.4 Å². The van der Waals surface area contributed by atoms with Gasteiger partial charge in [-0.2, -0.15) is 0 Å². The summed E-state index contributed by atoms with van der Waals surface area (Å²) in [5.74, 6) is 2.57. The lowest BCUT2D eigenvalue weighted by atomic mass is 10.2. The molecule has 2 N–H and O–H groups in total. The van der Waals surface area contributed by atoms with Gasteiger partial charge in [0.25, 0.3) is 0 Å². The molecule has 2 aromatic rings. The molecule has 104 valence electrons. The number of rotatable bonds is 6. The summed E-state index contributed by atoms with van der Waals surface area (Å²) in [6, 6.07) is 10.5. The predicted molar refractivity (Wildman–Crippen MR) is 79.0 cm³/mol. The van der Waals surface area contributed by atoms with E-state index < -0.39 is 0 Å². The molecule has 1 heterocycles. The van der Waals surface area contributed by atoms with E-state index in [-0.39, 0.29) is 0 Å². The Bertz CT molecular complexity index is 584.